The quantitative estimate of drug-likeness (QED) is 0.659. The second-order valence-corrected chi connectivity index (χ2v) is 5.74. The summed E-state index contributed by atoms with van der Waals surface area (Å²) in [6.45, 7) is 9.02. The predicted molar refractivity (Wildman–Crippen MR) is 61.5 cm³/mol. The highest BCUT2D eigenvalue weighted by Crippen LogP contribution is 2.28. The van der Waals surface area contributed by atoms with E-state index < -0.39 is 0 Å². The van der Waals surface area contributed by atoms with Crippen molar-refractivity contribution in [2.75, 3.05) is 0 Å². The predicted octanol–water partition coefficient (Wildman–Crippen LogP) is 4.16. The molecule has 0 saturated heterocycles. The summed E-state index contributed by atoms with van der Waals surface area (Å²) in [7, 11) is 0. The van der Waals surface area contributed by atoms with Crippen molar-refractivity contribution in [2.45, 2.75) is 77.9 Å². The van der Waals surface area contributed by atoms with Crippen LogP contribution in [-0.2, 0) is 4.74 Å². The molecule has 14 heavy (non-hydrogen) atoms. The van der Waals surface area contributed by atoms with Crippen LogP contribution in [0, 0.1) is 5.92 Å². The molecule has 84 valence electrons. The maximum atomic E-state index is 6.19. The summed E-state index contributed by atoms with van der Waals surface area (Å²) in [5.41, 5.74) is 0.0795. The maximum Gasteiger partial charge on any atom is 0.0632 e. The second kappa shape index (κ2) is 5.16. The van der Waals surface area contributed by atoms with E-state index in [1.807, 2.05) is 0 Å². The highest BCUT2D eigenvalue weighted by molar-refractivity contribution is 4.75. The average Bonchev–Trinajstić information content (AvgIpc) is 2.02. The molecule has 0 heterocycles. The molecule has 1 fully saturated rings. The monoisotopic (exact) mass is 198 g/mol. The molecule has 0 aromatic rings. The molecule has 0 bridgehead atoms. The summed E-state index contributed by atoms with van der Waals surface area (Å²) in [4.78, 5) is 0. The van der Waals surface area contributed by atoms with Gasteiger partial charge in [0.2, 0.25) is 0 Å². The Morgan fingerprint density at radius 2 is 1.71 bits per heavy atom. The Balaban J connectivity index is 2.32. The molecule has 1 aliphatic rings. The van der Waals surface area contributed by atoms with Crippen molar-refractivity contribution in [3.63, 3.8) is 0 Å². The lowest BCUT2D eigenvalue weighted by Gasteiger charge is -2.34. The Morgan fingerprint density at radius 3 is 2.21 bits per heavy atom. The largest absolute Gasteiger partial charge is 0.372 e. The van der Waals surface area contributed by atoms with E-state index in [-0.39, 0.29) is 5.60 Å². The van der Waals surface area contributed by atoms with Crippen LogP contribution in [0.4, 0.5) is 0 Å². The summed E-state index contributed by atoms with van der Waals surface area (Å²) in [5, 5.41) is 0. The van der Waals surface area contributed by atoms with Crippen LogP contribution in [0.25, 0.3) is 0 Å². The van der Waals surface area contributed by atoms with Crippen LogP contribution in [-0.4, -0.2) is 11.7 Å². The highest BCUT2D eigenvalue weighted by atomic mass is 16.5. The number of hydrogen-bond acceptors (Lipinski definition) is 1. The minimum Gasteiger partial charge on any atom is -0.372 e. The molecule has 0 radical (unpaired) electrons. The van der Waals surface area contributed by atoms with Gasteiger partial charge in [0.05, 0.1) is 11.7 Å². The first kappa shape index (κ1) is 12.0. The summed E-state index contributed by atoms with van der Waals surface area (Å²) in [6.07, 6.45) is 8.40. The van der Waals surface area contributed by atoms with Crippen LogP contribution in [0.5, 0.6) is 0 Å². The summed E-state index contributed by atoms with van der Waals surface area (Å²) >= 11 is 0. The zero-order valence-electron chi connectivity index (χ0n) is 10.3. The third kappa shape index (κ3) is 4.45. The third-order valence-corrected chi connectivity index (χ3v) is 2.94. The molecule has 0 atom stereocenters. The lowest BCUT2D eigenvalue weighted by molar-refractivity contribution is -0.0935. The molecule has 0 aromatic carbocycles. The molecular weight excluding hydrogens is 172 g/mol. The molecule has 1 rings (SSSR count). The van der Waals surface area contributed by atoms with Gasteiger partial charge in [-0.15, -0.1) is 0 Å². The fraction of sp³-hybridized carbons (Fsp3) is 1.00. The Hall–Kier alpha value is -0.0400. The lowest BCUT2D eigenvalue weighted by Crippen LogP contribution is -2.33. The molecular formula is C13H26O. The Morgan fingerprint density at radius 1 is 1.14 bits per heavy atom. The van der Waals surface area contributed by atoms with Gasteiger partial charge in [-0.3, -0.25) is 0 Å². The van der Waals surface area contributed by atoms with Gasteiger partial charge in [-0.1, -0.05) is 33.1 Å². The third-order valence-electron chi connectivity index (χ3n) is 2.94. The summed E-state index contributed by atoms with van der Waals surface area (Å²) in [6, 6.07) is 0. The Bertz CT molecular complexity index is 155. The smallest absolute Gasteiger partial charge is 0.0632 e. The molecule has 0 aromatic heterocycles. The van der Waals surface area contributed by atoms with Gasteiger partial charge in [-0.2, -0.15) is 0 Å². The van der Waals surface area contributed by atoms with E-state index >= 15 is 0 Å². The van der Waals surface area contributed by atoms with Gasteiger partial charge in [-0.05, 0) is 39.0 Å². The van der Waals surface area contributed by atoms with Crippen molar-refractivity contribution in [3.05, 3.63) is 0 Å². The van der Waals surface area contributed by atoms with E-state index in [4.69, 9.17) is 4.74 Å². The van der Waals surface area contributed by atoms with E-state index in [1.54, 1.807) is 0 Å². The second-order valence-electron chi connectivity index (χ2n) is 5.74. The summed E-state index contributed by atoms with van der Waals surface area (Å²) < 4.78 is 6.19. The molecule has 1 heteroatoms. The first-order chi connectivity index (χ1) is 6.49. The summed E-state index contributed by atoms with van der Waals surface area (Å²) in [5.74, 6) is 0.730. The van der Waals surface area contributed by atoms with Crippen LogP contribution in [0.2, 0.25) is 0 Å². The number of ether oxygens (including phenoxy) is 1. The van der Waals surface area contributed by atoms with Crippen LogP contribution in [0.3, 0.4) is 0 Å². The Kier molecular flexibility index (Phi) is 4.43. The van der Waals surface area contributed by atoms with Gasteiger partial charge in [0, 0.05) is 0 Å². The van der Waals surface area contributed by atoms with Crippen LogP contribution in [0.1, 0.15) is 66.2 Å². The van der Waals surface area contributed by atoms with E-state index in [2.05, 4.69) is 27.7 Å². The molecule has 0 spiro atoms. The van der Waals surface area contributed by atoms with E-state index in [0.717, 1.165) is 5.92 Å². The number of hydrogen-bond donors (Lipinski definition) is 0. The zero-order chi connectivity index (χ0) is 10.6. The van der Waals surface area contributed by atoms with Crippen molar-refractivity contribution in [1.29, 1.82) is 0 Å². The minimum atomic E-state index is 0.0795. The van der Waals surface area contributed by atoms with Crippen molar-refractivity contribution < 1.29 is 4.74 Å². The number of rotatable bonds is 4. The van der Waals surface area contributed by atoms with Crippen LogP contribution < -0.4 is 0 Å². The average molecular weight is 198 g/mol. The van der Waals surface area contributed by atoms with Crippen molar-refractivity contribution in [2.24, 2.45) is 5.92 Å². The van der Waals surface area contributed by atoms with Crippen LogP contribution in [0.15, 0.2) is 0 Å². The molecule has 1 aliphatic carbocycles. The van der Waals surface area contributed by atoms with Crippen molar-refractivity contribution in [3.8, 4) is 0 Å². The van der Waals surface area contributed by atoms with Crippen molar-refractivity contribution >= 4 is 0 Å². The lowest BCUT2D eigenvalue weighted by atomic mass is 9.93. The van der Waals surface area contributed by atoms with E-state index in [0.29, 0.717) is 6.10 Å². The van der Waals surface area contributed by atoms with E-state index in [1.165, 1.54) is 38.5 Å². The van der Waals surface area contributed by atoms with Gasteiger partial charge in [0.1, 0.15) is 0 Å². The van der Waals surface area contributed by atoms with Gasteiger partial charge in [0.25, 0.3) is 0 Å². The first-order valence-corrected chi connectivity index (χ1v) is 6.17. The molecule has 0 unspecified atom stereocenters. The minimum absolute atomic E-state index is 0.0795. The topological polar surface area (TPSA) is 9.23 Å². The molecule has 0 N–H and O–H groups in total. The molecule has 1 nitrogen and oxygen atoms in total. The van der Waals surface area contributed by atoms with Gasteiger partial charge >= 0.3 is 0 Å². The fourth-order valence-corrected chi connectivity index (χ4v) is 2.67. The Labute approximate surface area is 89.2 Å². The van der Waals surface area contributed by atoms with Crippen LogP contribution >= 0.6 is 0 Å². The normalized spacial score (nSPS) is 20.4. The fourth-order valence-electron chi connectivity index (χ4n) is 2.67. The van der Waals surface area contributed by atoms with Gasteiger partial charge in [-0.25, -0.2) is 0 Å². The standard InChI is InChI=1S/C13H26O/c1-11(2)10-13(3,4)14-12-8-6-5-7-9-12/h11-12H,5-10H2,1-4H3. The van der Waals surface area contributed by atoms with Gasteiger partial charge in [0.15, 0.2) is 0 Å². The molecule has 1 saturated carbocycles. The zero-order valence-corrected chi connectivity index (χ0v) is 10.3. The van der Waals surface area contributed by atoms with Crippen molar-refractivity contribution in [1.82, 2.24) is 0 Å². The highest BCUT2D eigenvalue weighted by Gasteiger charge is 2.25. The molecule has 0 amide bonds. The molecule has 0 aliphatic heterocycles. The SMILES string of the molecule is CC(C)CC(C)(C)OC1CCCCC1. The van der Waals surface area contributed by atoms with E-state index in [9.17, 15) is 0 Å². The van der Waals surface area contributed by atoms with Gasteiger partial charge < -0.3 is 4.74 Å². The first-order valence-electron chi connectivity index (χ1n) is 6.17. The maximum absolute atomic E-state index is 6.19.